The van der Waals surface area contributed by atoms with Gasteiger partial charge in [-0.3, -0.25) is 0 Å². The lowest BCUT2D eigenvalue weighted by Gasteiger charge is -2.31. The highest BCUT2D eigenvalue weighted by Gasteiger charge is 2.47. The van der Waals surface area contributed by atoms with Gasteiger partial charge in [0.15, 0.2) is 5.13 Å². The van der Waals surface area contributed by atoms with Crippen molar-refractivity contribution in [3.8, 4) is 11.3 Å². The molecule has 45 heavy (non-hydrogen) atoms. The minimum absolute atomic E-state index is 0.143. The molecule has 4 aliphatic rings. The van der Waals surface area contributed by atoms with Crippen LogP contribution in [0.1, 0.15) is 84.0 Å². The Morgan fingerprint density at radius 2 is 1.93 bits per heavy atom. The van der Waals surface area contributed by atoms with E-state index in [1.807, 2.05) is 30.3 Å². The van der Waals surface area contributed by atoms with Crippen LogP contribution in [-0.4, -0.2) is 55.1 Å². The summed E-state index contributed by atoms with van der Waals surface area (Å²) in [6.45, 7) is 2.83. The number of rotatable bonds is 8. The van der Waals surface area contributed by atoms with Gasteiger partial charge in [0.25, 0.3) is 0 Å². The van der Waals surface area contributed by atoms with E-state index in [1.165, 1.54) is 7.11 Å². The molecule has 0 radical (unpaired) electrons. The Morgan fingerprint density at radius 3 is 2.69 bits per heavy atom. The van der Waals surface area contributed by atoms with Crippen molar-refractivity contribution in [1.29, 1.82) is 0 Å². The maximum Gasteiger partial charge on any atom is 0.337 e. The van der Waals surface area contributed by atoms with E-state index in [0.29, 0.717) is 57.3 Å². The standard InChI is InChI=1S/C34H35Cl2N3O5S/c1-41-33(40)20-13-23(18-4-3-10-42-11-9-18)30-28(14-20)45-34(37-30)39-16-21-12-22(39)15-27(21)43-17-24-31(38-44-32(24)19-7-8-19)29-25(35)5-2-6-26(29)36/h2,5-6,13-14,18-19,21-22,27H,3-4,7-12,15-17H2,1H3/t18?,21-,22-,27+/m0/s1. The van der Waals surface area contributed by atoms with Crippen molar-refractivity contribution in [2.24, 2.45) is 5.92 Å². The summed E-state index contributed by atoms with van der Waals surface area (Å²) < 4.78 is 24.4. The van der Waals surface area contributed by atoms with Gasteiger partial charge in [0.2, 0.25) is 0 Å². The number of aromatic nitrogens is 2. The third-order valence-electron chi connectivity index (χ3n) is 9.96. The van der Waals surface area contributed by atoms with Gasteiger partial charge in [-0.1, -0.05) is 45.8 Å². The number of carbonyl (C=O) groups excluding carboxylic acids is 1. The van der Waals surface area contributed by atoms with Crippen LogP contribution in [0.15, 0.2) is 34.9 Å². The lowest BCUT2D eigenvalue weighted by molar-refractivity contribution is 0.0122. The summed E-state index contributed by atoms with van der Waals surface area (Å²) in [5.41, 5.74) is 5.10. The number of methoxy groups -OCH3 is 1. The molecule has 11 heteroatoms. The van der Waals surface area contributed by atoms with E-state index in [0.717, 1.165) is 96.9 Å². The van der Waals surface area contributed by atoms with Crippen molar-refractivity contribution in [1.82, 2.24) is 10.1 Å². The zero-order valence-corrected chi connectivity index (χ0v) is 27.4. The second-order valence-electron chi connectivity index (χ2n) is 12.8. The number of fused-ring (bicyclic) bond motifs is 3. The topological polar surface area (TPSA) is 86.9 Å². The number of thiazole rings is 1. The Labute approximate surface area is 275 Å². The summed E-state index contributed by atoms with van der Waals surface area (Å²) in [5, 5.41) is 6.56. The van der Waals surface area contributed by atoms with E-state index in [2.05, 4.69) is 10.1 Å². The van der Waals surface area contributed by atoms with Gasteiger partial charge in [-0.25, -0.2) is 9.78 Å². The molecule has 8 nitrogen and oxygen atoms in total. The molecule has 2 saturated carbocycles. The number of benzene rings is 2. The molecule has 1 unspecified atom stereocenters. The molecule has 4 fully saturated rings. The minimum atomic E-state index is -0.309. The van der Waals surface area contributed by atoms with Gasteiger partial charge in [-0.05, 0) is 80.7 Å². The number of hydrogen-bond acceptors (Lipinski definition) is 9. The van der Waals surface area contributed by atoms with Crippen LogP contribution in [0.5, 0.6) is 0 Å². The average Bonchev–Trinajstić information content (AvgIpc) is 3.35. The Kier molecular flexibility index (Phi) is 8.02. The summed E-state index contributed by atoms with van der Waals surface area (Å²) in [5.74, 6) is 1.70. The van der Waals surface area contributed by atoms with Crippen molar-refractivity contribution in [2.75, 3.05) is 31.8 Å². The molecule has 8 rings (SSSR count). The van der Waals surface area contributed by atoms with Crippen LogP contribution in [-0.2, 0) is 20.8 Å². The lowest BCUT2D eigenvalue weighted by Crippen LogP contribution is -2.38. The molecule has 2 bridgehead atoms. The van der Waals surface area contributed by atoms with E-state index < -0.39 is 0 Å². The number of nitrogens with zero attached hydrogens (tertiary/aromatic N) is 3. The first-order valence-corrected chi connectivity index (χ1v) is 17.5. The molecule has 2 aromatic carbocycles. The number of hydrogen-bond donors (Lipinski definition) is 0. The highest BCUT2D eigenvalue weighted by atomic mass is 35.5. The smallest absolute Gasteiger partial charge is 0.337 e. The van der Waals surface area contributed by atoms with Crippen LogP contribution in [0.3, 0.4) is 0 Å². The van der Waals surface area contributed by atoms with Gasteiger partial charge >= 0.3 is 5.97 Å². The minimum Gasteiger partial charge on any atom is -0.465 e. The van der Waals surface area contributed by atoms with E-state index in [1.54, 1.807) is 11.3 Å². The monoisotopic (exact) mass is 667 g/mol. The van der Waals surface area contributed by atoms with Crippen molar-refractivity contribution >= 4 is 55.9 Å². The number of carbonyl (C=O) groups is 1. The average molecular weight is 669 g/mol. The molecule has 2 aromatic heterocycles. The Bertz CT molecular complexity index is 1720. The van der Waals surface area contributed by atoms with Gasteiger partial charge in [-0.2, -0.15) is 0 Å². The first-order valence-electron chi connectivity index (χ1n) is 15.9. The first kappa shape index (κ1) is 29.7. The molecule has 0 spiro atoms. The third-order valence-corrected chi connectivity index (χ3v) is 11.6. The van der Waals surface area contributed by atoms with Crippen LogP contribution in [0.4, 0.5) is 5.13 Å². The van der Waals surface area contributed by atoms with Crippen LogP contribution >= 0.6 is 34.5 Å². The molecule has 4 heterocycles. The SMILES string of the molecule is COC(=O)c1cc(C2CCCOCC2)c2nc(N3C[C@@H]4C[C@H]3C[C@H]4OCc3c(-c4c(Cl)cccc4Cl)noc3C3CC3)sc2c1. The zero-order chi connectivity index (χ0) is 30.7. The van der Waals surface area contributed by atoms with Crippen LogP contribution in [0.2, 0.25) is 10.0 Å². The zero-order valence-electron chi connectivity index (χ0n) is 25.1. The molecule has 4 atom stereocenters. The number of halogens is 2. The number of anilines is 1. The predicted octanol–water partition coefficient (Wildman–Crippen LogP) is 8.39. The van der Waals surface area contributed by atoms with Crippen LogP contribution < -0.4 is 4.90 Å². The first-order chi connectivity index (χ1) is 22.0. The fraction of sp³-hybridized carbons (Fsp3) is 0.500. The van der Waals surface area contributed by atoms with E-state index in [9.17, 15) is 4.79 Å². The summed E-state index contributed by atoms with van der Waals surface area (Å²) >= 11 is 14.8. The maximum absolute atomic E-state index is 12.6. The van der Waals surface area contributed by atoms with Crippen molar-refractivity contribution in [3.05, 3.63) is 62.8 Å². The van der Waals surface area contributed by atoms with E-state index >= 15 is 0 Å². The summed E-state index contributed by atoms with van der Waals surface area (Å²) in [6.07, 6.45) is 7.31. The molecule has 4 aromatic rings. The molecule has 2 saturated heterocycles. The molecular formula is C34H35Cl2N3O5S. The Morgan fingerprint density at radius 1 is 1.09 bits per heavy atom. The van der Waals surface area contributed by atoms with Crippen LogP contribution in [0, 0.1) is 5.92 Å². The second kappa shape index (κ2) is 12.2. The molecule has 0 N–H and O–H groups in total. The fourth-order valence-electron chi connectivity index (χ4n) is 7.51. The fourth-order valence-corrected chi connectivity index (χ4v) is 9.21. The molecule has 236 valence electrons. The Hall–Kier alpha value is -2.69. The van der Waals surface area contributed by atoms with Crippen molar-refractivity contribution < 1.29 is 23.5 Å². The maximum atomic E-state index is 12.6. The number of ether oxygens (including phenoxy) is 3. The molecule has 0 amide bonds. The number of esters is 1. The quantitative estimate of drug-likeness (QED) is 0.173. The lowest BCUT2D eigenvalue weighted by atomic mass is 9.90. The summed E-state index contributed by atoms with van der Waals surface area (Å²) in [4.78, 5) is 20.3. The molecular weight excluding hydrogens is 633 g/mol. The predicted molar refractivity (Wildman–Crippen MR) is 175 cm³/mol. The normalized spacial score (nSPS) is 24.8. The highest BCUT2D eigenvalue weighted by Crippen LogP contribution is 2.48. The second-order valence-corrected chi connectivity index (χ2v) is 14.6. The van der Waals surface area contributed by atoms with Crippen LogP contribution in [0.25, 0.3) is 21.5 Å². The van der Waals surface area contributed by atoms with Gasteiger partial charge in [0, 0.05) is 48.8 Å². The molecule has 2 aliphatic heterocycles. The van der Waals surface area contributed by atoms with Gasteiger partial charge in [-0.15, -0.1) is 0 Å². The van der Waals surface area contributed by atoms with Gasteiger partial charge < -0.3 is 23.6 Å². The number of piperidine rings is 1. The van der Waals surface area contributed by atoms with E-state index in [-0.39, 0.29) is 12.1 Å². The summed E-state index contributed by atoms with van der Waals surface area (Å²) in [6, 6.07) is 9.80. The highest BCUT2D eigenvalue weighted by molar-refractivity contribution is 7.22. The Balaban J connectivity index is 1.02. The summed E-state index contributed by atoms with van der Waals surface area (Å²) in [7, 11) is 1.44. The third kappa shape index (κ3) is 5.54. The van der Waals surface area contributed by atoms with E-state index in [4.69, 9.17) is 46.9 Å². The van der Waals surface area contributed by atoms with Crippen molar-refractivity contribution in [2.45, 2.75) is 75.5 Å². The largest absolute Gasteiger partial charge is 0.465 e. The van der Waals surface area contributed by atoms with Gasteiger partial charge in [0.1, 0.15) is 11.5 Å². The van der Waals surface area contributed by atoms with Crippen molar-refractivity contribution in [3.63, 3.8) is 0 Å². The molecule has 2 aliphatic carbocycles. The van der Waals surface area contributed by atoms with Gasteiger partial charge in [0.05, 0.1) is 45.6 Å².